The summed E-state index contributed by atoms with van der Waals surface area (Å²) in [7, 11) is 0.878. The fourth-order valence-electron chi connectivity index (χ4n) is 0.594. The lowest BCUT2D eigenvalue weighted by atomic mass is 10.1. The Kier molecular flexibility index (Phi) is 5.78. The van der Waals surface area contributed by atoms with E-state index in [1.807, 2.05) is 13.8 Å². The van der Waals surface area contributed by atoms with Gasteiger partial charge in [0.1, 0.15) is 5.60 Å². The van der Waals surface area contributed by atoms with Crippen LogP contribution in [0.3, 0.4) is 0 Å². The van der Waals surface area contributed by atoms with E-state index in [0.29, 0.717) is 0 Å². The molecule has 66 valence electrons. The Bertz CT molecular complexity index is 186. The molecule has 0 aliphatic heterocycles. The highest BCUT2D eigenvalue weighted by Crippen LogP contribution is 2.06. The number of hydrogen-bond acceptors (Lipinski definition) is 1. The summed E-state index contributed by atoms with van der Waals surface area (Å²) < 4.78 is 5.56. The van der Waals surface area contributed by atoms with Crippen molar-refractivity contribution in [3.63, 3.8) is 0 Å². The number of allylic oxidation sites excluding steroid dienone is 1. The van der Waals surface area contributed by atoms with E-state index in [4.69, 9.17) is 4.74 Å². The minimum Gasteiger partial charge on any atom is -0.367 e. The molecule has 0 aromatic carbocycles. The van der Waals surface area contributed by atoms with E-state index >= 15 is 0 Å². The molecule has 1 nitrogen and oxygen atoms in total. The maximum atomic E-state index is 5.56. The lowest BCUT2D eigenvalue weighted by molar-refractivity contribution is 0.0577. The predicted molar refractivity (Wildman–Crippen MR) is 54.2 cm³/mol. The second-order valence-corrected chi connectivity index (χ2v) is 4.37. The highest BCUT2D eigenvalue weighted by Gasteiger charge is 2.13. The van der Waals surface area contributed by atoms with E-state index in [1.165, 1.54) is 6.04 Å². The number of ether oxygens (including phenoxy) is 1. The molecule has 2 heteroatoms. The van der Waals surface area contributed by atoms with Gasteiger partial charge < -0.3 is 4.74 Å². The molecule has 0 saturated carbocycles. The van der Waals surface area contributed by atoms with Crippen molar-refractivity contribution in [3.05, 3.63) is 12.7 Å². The average Bonchev–Trinajstić information content (AvgIpc) is 2.01. The topological polar surface area (TPSA) is 9.23 Å². The average molecular weight is 180 g/mol. The molecule has 0 aromatic heterocycles. The lowest BCUT2D eigenvalue weighted by Crippen LogP contribution is -2.24. The molecule has 0 fully saturated rings. The van der Waals surface area contributed by atoms with Crippen LogP contribution in [-0.4, -0.2) is 21.4 Å². The van der Waals surface area contributed by atoms with Gasteiger partial charge in [0.05, 0.1) is 9.52 Å². The summed E-state index contributed by atoms with van der Waals surface area (Å²) in [4.78, 5) is 0. The van der Waals surface area contributed by atoms with Gasteiger partial charge in [-0.3, -0.25) is 0 Å². The van der Waals surface area contributed by atoms with Crippen molar-refractivity contribution in [1.29, 1.82) is 0 Å². The zero-order chi connectivity index (χ0) is 9.45. The number of hydrogen-bond donors (Lipinski definition) is 0. The summed E-state index contributed by atoms with van der Waals surface area (Å²) in [5.41, 5.74) is -0.323. The molecule has 0 aliphatic rings. The maximum absolute atomic E-state index is 5.56. The molecular formula is C10H16OSi. The molecule has 0 atom stereocenters. The SMILES string of the molecule is C=CC#CC(C)(C)OC[Si]CC. The number of rotatable bonds is 4. The van der Waals surface area contributed by atoms with Crippen LogP contribution in [0.4, 0.5) is 0 Å². The van der Waals surface area contributed by atoms with Gasteiger partial charge in [-0.25, -0.2) is 0 Å². The first-order valence-corrected chi connectivity index (χ1v) is 5.52. The van der Waals surface area contributed by atoms with Crippen molar-refractivity contribution in [2.45, 2.75) is 32.4 Å². The minimum absolute atomic E-state index is 0.323. The molecule has 2 radical (unpaired) electrons. The Morgan fingerprint density at radius 2 is 2.25 bits per heavy atom. The van der Waals surface area contributed by atoms with E-state index in [0.717, 1.165) is 15.7 Å². The van der Waals surface area contributed by atoms with E-state index < -0.39 is 0 Å². The molecule has 0 rings (SSSR count). The Labute approximate surface area is 78.0 Å². The van der Waals surface area contributed by atoms with Crippen LogP contribution in [0.25, 0.3) is 0 Å². The fraction of sp³-hybridized carbons (Fsp3) is 0.600. The van der Waals surface area contributed by atoms with Crippen LogP contribution in [0.15, 0.2) is 12.7 Å². The zero-order valence-corrected chi connectivity index (χ0v) is 9.11. The summed E-state index contributed by atoms with van der Waals surface area (Å²) in [5, 5.41) is 0. The fourth-order valence-corrected chi connectivity index (χ4v) is 1.26. The third-order valence-corrected chi connectivity index (χ3v) is 2.11. The molecule has 0 amide bonds. The van der Waals surface area contributed by atoms with Crippen molar-refractivity contribution < 1.29 is 4.74 Å². The standard InChI is InChI=1S/C10H16OSi/c1-5-7-8-10(3,4)11-9-12-6-2/h5H,1,6,9H2,2-4H3. The van der Waals surface area contributed by atoms with Gasteiger partial charge in [-0.2, -0.15) is 0 Å². The van der Waals surface area contributed by atoms with Crippen LogP contribution in [0.2, 0.25) is 6.04 Å². The van der Waals surface area contributed by atoms with Crippen LogP contribution >= 0.6 is 0 Å². The van der Waals surface area contributed by atoms with Crippen molar-refractivity contribution >= 4 is 9.52 Å². The van der Waals surface area contributed by atoms with Gasteiger partial charge in [0, 0.05) is 6.23 Å². The van der Waals surface area contributed by atoms with Gasteiger partial charge in [0.25, 0.3) is 0 Å². The van der Waals surface area contributed by atoms with Crippen molar-refractivity contribution in [2.24, 2.45) is 0 Å². The molecule has 0 saturated heterocycles. The Morgan fingerprint density at radius 1 is 1.58 bits per heavy atom. The highest BCUT2D eigenvalue weighted by atomic mass is 28.2. The molecule has 12 heavy (non-hydrogen) atoms. The predicted octanol–water partition coefficient (Wildman–Crippen LogP) is 2.07. The van der Waals surface area contributed by atoms with Crippen LogP contribution in [0, 0.1) is 11.8 Å². The molecular weight excluding hydrogens is 164 g/mol. The molecule has 0 bridgehead atoms. The smallest absolute Gasteiger partial charge is 0.123 e. The van der Waals surface area contributed by atoms with Crippen LogP contribution in [0.1, 0.15) is 20.8 Å². The second-order valence-electron chi connectivity index (χ2n) is 2.88. The quantitative estimate of drug-likeness (QED) is 0.365. The second kappa shape index (κ2) is 6.04. The molecule has 0 N–H and O–H groups in total. The third-order valence-electron chi connectivity index (χ3n) is 1.26. The Morgan fingerprint density at radius 3 is 2.75 bits per heavy atom. The third kappa shape index (κ3) is 6.20. The first kappa shape index (κ1) is 11.5. The van der Waals surface area contributed by atoms with E-state index in [-0.39, 0.29) is 5.60 Å². The van der Waals surface area contributed by atoms with Gasteiger partial charge in [0.15, 0.2) is 0 Å². The summed E-state index contributed by atoms with van der Waals surface area (Å²) in [6.45, 7) is 9.64. The summed E-state index contributed by atoms with van der Waals surface area (Å²) in [6.07, 6.45) is 2.41. The molecule has 0 heterocycles. The molecule has 0 unspecified atom stereocenters. The van der Waals surface area contributed by atoms with E-state index in [2.05, 4.69) is 25.3 Å². The van der Waals surface area contributed by atoms with Gasteiger partial charge in [-0.1, -0.05) is 31.4 Å². The van der Waals surface area contributed by atoms with Crippen molar-refractivity contribution in [3.8, 4) is 11.8 Å². The zero-order valence-electron chi connectivity index (χ0n) is 8.11. The Hall–Kier alpha value is -0.523. The minimum atomic E-state index is -0.323. The summed E-state index contributed by atoms with van der Waals surface area (Å²) >= 11 is 0. The Balaban J connectivity index is 3.78. The normalized spacial score (nSPS) is 10.2. The first-order chi connectivity index (χ1) is 5.62. The van der Waals surface area contributed by atoms with Gasteiger partial charge in [-0.15, -0.1) is 0 Å². The van der Waals surface area contributed by atoms with Crippen LogP contribution in [0.5, 0.6) is 0 Å². The van der Waals surface area contributed by atoms with Crippen LogP contribution in [-0.2, 0) is 4.74 Å². The van der Waals surface area contributed by atoms with Crippen molar-refractivity contribution in [1.82, 2.24) is 0 Å². The van der Waals surface area contributed by atoms with Gasteiger partial charge >= 0.3 is 0 Å². The summed E-state index contributed by atoms with van der Waals surface area (Å²) in [5.74, 6) is 5.79. The molecule has 0 aliphatic carbocycles. The monoisotopic (exact) mass is 180 g/mol. The first-order valence-electron chi connectivity index (χ1n) is 4.10. The maximum Gasteiger partial charge on any atom is 0.123 e. The molecule has 0 aromatic rings. The highest BCUT2D eigenvalue weighted by molar-refractivity contribution is 6.34. The molecule has 0 spiro atoms. The summed E-state index contributed by atoms with van der Waals surface area (Å²) in [6, 6.07) is 1.19. The van der Waals surface area contributed by atoms with Crippen LogP contribution < -0.4 is 0 Å². The van der Waals surface area contributed by atoms with Gasteiger partial charge in [-0.05, 0) is 19.9 Å². The lowest BCUT2D eigenvalue weighted by Gasteiger charge is -2.17. The largest absolute Gasteiger partial charge is 0.367 e. The van der Waals surface area contributed by atoms with E-state index in [1.54, 1.807) is 6.08 Å². The van der Waals surface area contributed by atoms with Crippen molar-refractivity contribution in [2.75, 3.05) is 6.23 Å². The van der Waals surface area contributed by atoms with E-state index in [9.17, 15) is 0 Å². The van der Waals surface area contributed by atoms with Gasteiger partial charge in [0.2, 0.25) is 0 Å².